The molecule has 1 aromatic carbocycles. The first-order chi connectivity index (χ1) is 9.19. The molecule has 0 atom stereocenters. The molecule has 1 aliphatic carbocycles. The molecule has 0 radical (unpaired) electrons. The number of carbonyl (C=O) groups is 1. The first kappa shape index (κ1) is 13.7. The fourth-order valence-electron chi connectivity index (χ4n) is 2.66. The van der Waals surface area contributed by atoms with Crippen molar-refractivity contribution in [3.05, 3.63) is 17.7 Å². The van der Waals surface area contributed by atoms with E-state index in [1.165, 1.54) is 0 Å². The van der Waals surface area contributed by atoms with E-state index < -0.39 is 0 Å². The number of rotatable bonds is 4. The summed E-state index contributed by atoms with van der Waals surface area (Å²) in [6.07, 6.45) is 3.00. The average Bonchev–Trinajstić information content (AvgIpc) is 2.46. The fourth-order valence-corrected chi connectivity index (χ4v) is 2.66. The Balaban J connectivity index is 2.39. The zero-order chi connectivity index (χ0) is 13.8. The average molecular weight is 264 g/mol. The highest BCUT2D eigenvalue weighted by molar-refractivity contribution is 5.79. The molecule has 19 heavy (non-hydrogen) atoms. The van der Waals surface area contributed by atoms with E-state index in [0.29, 0.717) is 30.3 Å². The molecule has 0 saturated heterocycles. The number of carbonyl (C=O) groups excluding carboxylic acids is 1. The minimum atomic E-state index is 0.313. The van der Waals surface area contributed by atoms with Crippen LogP contribution >= 0.6 is 0 Å². The quantitative estimate of drug-likeness (QED) is 0.838. The molecule has 1 fully saturated rings. The van der Waals surface area contributed by atoms with Crippen molar-refractivity contribution in [1.82, 2.24) is 0 Å². The van der Waals surface area contributed by atoms with Crippen molar-refractivity contribution in [2.45, 2.75) is 31.6 Å². The minimum absolute atomic E-state index is 0.313. The summed E-state index contributed by atoms with van der Waals surface area (Å²) < 4.78 is 16.2. The molecule has 2 rings (SSSR count). The van der Waals surface area contributed by atoms with Gasteiger partial charge >= 0.3 is 0 Å². The molecule has 0 N–H and O–H groups in total. The Hall–Kier alpha value is -1.71. The van der Waals surface area contributed by atoms with E-state index in [2.05, 4.69) is 0 Å². The third-order valence-electron chi connectivity index (χ3n) is 3.70. The Bertz CT molecular complexity index is 432. The Morgan fingerprint density at radius 3 is 1.89 bits per heavy atom. The summed E-state index contributed by atoms with van der Waals surface area (Å²) in [7, 11) is 4.91. The van der Waals surface area contributed by atoms with Crippen LogP contribution in [0.1, 0.15) is 37.2 Å². The van der Waals surface area contributed by atoms with Crippen LogP contribution in [0, 0.1) is 0 Å². The SMILES string of the molecule is COc1cc(OC)c(C2CCC(=O)CC2)c(OC)c1. The highest BCUT2D eigenvalue weighted by Crippen LogP contribution is 2.44. The molecule has 0 aromatic heterocycles. The van der Waals surface area contributed by atoms with E-state index in [1.54, 1.807) is 21.3 Å². The lowest BCUT2D eigenvalue weighted by atomic mass is 9.82. The van der Waals surface area contributed by atoms with Gasteiger partial charge in [0.05, 0.1) is 21.3 Å². The molecule has 0 aliphatic heterocycles. The van der Waals surface area contributed by atoms with Gasteiger partial charge in [-0.05, 0) is 18.8 Å². The summed E-state index contributed by atoms with van der Waals surface area (Å²) in [4.78, 5) is 11.4. The molecule has 0 unspecified atom stereocenters. The van der Waals surface area contributed by atoms with Crippen molar-refractivity contribution >= 4 is 5.78 Å². The van der Waals surface area contributed by atoms with E-state index in [-0.39, 0.29) is 0 Å². The molecule has 0 bridgehead atoms. The number of hydrogen-bond acceptors (Lipinski definition) is 4. The topological polar surface area (TPSA) is 44.8 Å². The lowest BCUT2D eigenvalue weighted by Crippen LogP contribution is -2.14. The Kier molecular flexibility index (Phi) is 4.30. The minimum Gasteiger partial charge on any atom is -0.496 e. The second kappa shape index (κ2) is 5.95. The molecular weight excluding hydrogens is 244 g/mol. The van der Waals surface area contributed by atoms with Gasteiger partial charge in [0.25, 0.3) is 0 Å². The van der Waals surface area contributed by atoms with Gasteiger partial charge in [0.15, 0.2) is 0 Å². The van der Waals surface area contributed by atoms with Crippen LogP contribution in [0.2, 0.25) is 0 Å². The molecule has 4 heteroatoms. The molecule has 0 heterocycles. The fraction of sp³-hybridized carbons (Fsp3) is 0.533. The molecule has 4 nitrogen and oxygen atoms in total. The van der Waals surface area contributed by atoms with Crippen molar-refractivity contribution in [3.63, 3.8) is 0 Å². The van der Waals surface area contributed by atoms with Crippen molar-refractivity contribution in [2.75, 3.05) is 21.3 Å². The Morgan fingerprint density at radius 2 is 1.47 bits per heavy atom. The normalized spacial score (nSPS) is 16.3. The van der Waals surface area contributed by atoms with Crippen LogP contribution in [0.4, 0.5) is 0 Å². The highest BCUT2D eigenvalue weighted by atomic mass is 16.5. The number of hydrogen-bond donors (Lipinski definition) is 0. The van der Waals surface area contributed by atoms with Gasteiger partial charge in [-0.2, -0.15) is 0 Å². The van der Waals surface area contributed by atoms with Crippen LogP contribution in [0.15, 0.2) is 12.1 Å². The number of methoxy groups -OCH3 is 3. The highest BCUT2D eigenvalue weighted by Gasteiger charge is 2.26. The van der Waals surface area contributed by atoms with Gasteiger partial charge in [0.2, 0.25) is 0 Å². The zero-order valence-electron chi connectivity index (χ0n) is 11.7. The molecular formula is C15H20O4. The van der Waals surface area contributed by atoms with Crippen LogP contribution in [-0.2, 0) is 4.79 Å². The van der Waals surface area contributed by atoms with Gasteiger partial charge < -0.3 is 14.2 Å². The third kappa shape index (κ3) is 2.83. The van der Waals surface area contributed by atoms with Crippen LogP contribution in [0.25, 0.3) is 0 Å². The molecule has 104 valence electrons. The maximum absolute atomic E-state index is 11.4. The number of ether oxygens (including phenoxy) is 3. The maximum atomic E-state index is 11.4. The number of benzene rings is 1. The second-order valence-electron chi connectivity index (χ2n) is 4.76. The predicted molar refractivity (Wildman–Crippen MR) is 72.3 cm³/mol. The first-order valence-corrected chi connectivity index (χ1v) is 6.51. The summed E-state index contributed by atoms with van der Waals surface area (Å²) in [5.41, 5.74) is 1.05. The van der Waals surface area contributed by atoms with Crippen LogP contribution in [-0.4, -0.2) is 27.1 Å². The summed E-state index contributed by atoms with van der Waals surface area (Å²) >= 11 is 0. The van der Waals surface area contributed by atoms with Crippen molar-refractivity contribution < 1.29 is 19.0 Å². The van der Waals surface area contributed by atoms with Gasteiger partial charge in [-0.3, -0.25) is 4.79 Å². The van der Waals surface area contributed by atoms with Gasteiger partial charge in [0, 0.05) is 30.5 Å². The maximum Gasteiger partial charge on any atom is 0.132 e. The van der Waals surface area contributed by atoms with Crippen molar-refractivity contribution in [1.29, 1.82) is 0 Å². The second-order valence-corrected chi connectivity index (χ2v) is 4.76. The van der Waals surface area contributed by atoms with Gasteiger partial charge in [0.1, 0.15) is 23.0 Å². The van der Waals surface area contributed by atoms with Crippen LogP contribution in [0.3, 0.4) is 0 Å². The summed E-state index contributed by atoms with van der Waals surface area (Å²) in [6, 6.07) is 3.74. The summed E-state index contributed by atoms with van der Waals surface area (Å²) in [5.74, 6) is 2.92. The summed E-state index contributed by atoms with van der Waals surface area (Å²) in [6.45, 7) is 0. The first-order valence-electron chi connectivity index (χ1n) is 6.51. The van der Waals surface area contributed by atoms with E-state index in [4.69, 9.17) is 14.2 Å². The van der Waals surface area contributed by atoms with E-state index in [0.717, 1.165) is 29.9 Å². The van der Waals surface area contributed by atoms with Gasteiger partial charge in [-0.25, -0.2) is 0 Å². The molecule has 1 aromatic rings. The lowest BCUT2D eigenvalue weighted by Gasteiger charge is -2.25. The van der Waals surface area contributed by atoms with Crippen molar-refractivity contribution in [3.8, 4) is 17.2 Å². The number of Topliss-reactive ketones (excluding diaryl/α,β-unsaturated/α-hetero) is 1. The standard InChI is InChI=1S/C15H20O4/c1-17-12-8-13(18-2)15(14(9-12)19-3)10-4-6-11(16)7-5-10/h8-10H,4-7H2,1-3H3. The molecule has 0 amide bonds. The summed E-state index contributed by atoms with van der Waals surface area (Å²) in [5, 5.41) is 0. The third-order valence-corrected chi connectivity index (χ3v) is 3.70. The van der Waals surface area contributed by atoms with Gasteiger partial charge in [-0.1, -0.05) is 0 Å². The van der Waals surface area contributed by atoms with E-state index in [9.17, 15) is 4.79 Å². The largest absolute Gasteiger partial charge is 0.496 e. The van der Waals surface area contributed by atoms with Crippen LogP contribution < -0.4 is 14.2 Å². The van der Waals surface area contributed by atoms with E-state index >= 15 is 0 Å². The monoisotopic (exact) mass is 264 g/mol. The molecule has 1 saturated carbocycles. The molecule has 1 aliphatic rings. The van der Waals surface area contributed by atoms with Gasteiger partial charge in [-0.15, -0.1) is 0 Å². The van der Waals surface area contributed by atoms with E-state index in [1.807, 2.05) is 12.1 Å². The van der Waals surface area contributed by atoms with Crippen LogP contribution in [0.5, 0.6) is 17.2 Å². The number of ketones is 1. The zero-order valence-corrected chi connectivity index (χ0v) is 11.7. The predicted octanol–water partition coefficient (Wildman–Crippen LogP) is 2.94. The molecule has 0 spiro atoms. The lowest BCUT2D eigenvalue weighted by molar-refractivity contribution is -0.120. The smallest absolute Gasteiger partial charge is 0.132 e. The Morgan fingerprint density at radius 1 is 0.947 bits per heavy atom. The Labute approximate surface area is 113 Å². The van der Waals surface area contributed by atoms with Crippen molar-refractivity contribution in [2.24, 2.45) is 0 Å².